The van der Waals surface area contributed by atoms with Crippen molar-refractivity contribution in [2.24, 2.45) is 11.0 Å². The third-order valence-corrected chi connectivity index (χ3v) is 0.999. The monoisotopic (exact) mass is 140 g/mol. The van der Waals surface area contributed by atoms with Crippen LogP contribution in [0.25, 0.3) is 0 Å². The molecule has 0 N–H and O–H groups in total. The van der Waals surface area contributed by atoms with Gasteiger partial charge in [-0.2, -0.15) is 5.10 Å². The fourth-order valence-corrected chi connectivity index (χ4v) is 0.737. The summed E-state index contributed by atoms with van der Waals surface area (Å²) in [5.41, 5.74) is 0. The Hall–Kier alpha value is -0.790. The first-order valence-electron chi connectivity index (χ1n) is 3.53. The summed E-state index contributed by atoms with van der Waals surface area (Å²) in [6.45, 7) is 8.86. The second-order valence-corrected chi connectivity index (χ2v) is 2.73. The van der Waals surface area contributed by atoms with Crippen LogP contribution < -0.4 is 0 Å². The molecule has 0 radical (unpaired) electrons. The van der Waals surface area contributed by atoms with E-state index in [1.165, 1.54) is 0 Å². The Morgan fingerprint density at radius 3 is 2.60 bits per heavy atom. The van der Waals surface area contributed by atoms with Gasteiger partial charge in [0.2, 0.25) is 0 Å². The molecule has 0 fully saturated rings. The van der Waals surface area contributed by atoms with Crippen LogP contribution in [0, 0.1) is 5.92 Å². The summed E-state index contributed by atoms with van der Waals surface area (Å²) in [7, 11) is 1.96. The van der Waals surface area contributed by atoms with Gasteiger partial charge in [0.05, 0.1) is 0 Å². The lowest BCUT2D eigenvalue weighted by Crippen LogP contribution is -2.17. The molecule has 58 valence electrons. The highest BCUT2D eigenvalue weighted by molar-refractivity contribution is 5.69. The maximum absolute atomic E-state index is 4.07. The van der Waals surface area contributed by atoms with Crippen LogP contribution in [0.2, 0.25) is 0 Å². The topological polar surface area (TPSA) is 15.6 Å². The fraction of sp³-hybridized carbons (Fsp3) is 0.625. The second kappa shape index (κ2) is 5.03. The van der Waals surface area contributed by atoms with Gasteiger partial charge >= 0.3 is 0 Å². The van der Waals surface area contributed by atoms with Crippen molar-refractivity contribution in [3.8, 4) is 0 Å². The van der Waals surface area contributed by atoms with E-state index in [9.17, 15) is 0 Å². The molecule has 2 nitrogen and oxygen atoms in total. The predicted octanol–water partition coefficient (Wildman–Crippen LogP) is 1.75. The number of nitrogens with zero attached hydrogens (tertiary/aromatic N) is 2. The van der Waals surface area contributed by atoms with E-state index in [1.807, 2.05) is 12.1 Å². The van der Waals surface area contributed by atoms with Gasteiger partial charge in [-0.15, -0.1) is 0 Å². The van der Waals surface area contributed by atoms with Gasteiger partial charge in [-0.1, -0.05) is 20.4 Å². The molecule has 0 bridgehead atoms. The zero-order valence-corrected chi connectivity index (χ0v) is 7.04. The van der Waals surface area contributed by atoms with Crippen LogP contribution in [-0.4, -0.2) is 24.8 Å². The Balaban J connectivity index is 3.52. The van der Waals surface area contributed by atoms with Crippen LogP contribution in [-0.2, 0) is 0 Å². The quantitative estimate of drug-likeness (QED) is 0.429. The van der Waals surface area contributed by atoms with Crippen LogP contribution >= 0.6 is 0 Å². The second-order valence-electron chi connectivity index (χ2n) is 2.73. The van der Waals surface area contributed by atoms with Crippen LogP contribution in [0.3, 0.4) is 0 Å². The van der Waals surface area contributed by atoms with E-state index in [-0.39, 0.29) is 0 Å². The first kappa shape index (κ1) is 9.21. The third-order valence-electron chi connectivity index (χ3n) is 0.999. The first-order valence-corrected chi connectivity index (χ1v) is 3.53. The standard InChI is InChI=1S/C8H16N2/c1-5-6-9-10(4)7-8(2)3/h5-6,8H,1,7H2,2-4H3. The van der Waals surface area contributed by atoms with Gasteiger partial charge in [0.15, 0.2) is 0 Å². The van der Waals surface area contributed by atoms with E-state index < -0.39 is 0 Å². The van der Waals surface area contributed by atoms with Crippen molar-refractivity contribution < 1.29 is 0 Å². The average molecular weight is 140 g/mol. The van der Waals surface area contributed by atoms with Crippen molar-refractivity contribution in [3.63, 3.8) is 0 Å². The fourth-order valence-electron chi connectivity index (χ4n) is 0.737. The molecule has 0 aliphatic heterocycles. The molecule has 0 saturated heterocycles. The number of hydrogen-bond donors (Lipinski definition) is 0. The van der Waals surface area contributed by atoms with Crippen LogP contribution in [0.1, 0.15) is 13.8 Å². The number of rotatable bonds is 4. The molecule has 0 heterocycles. The van der Waals surface area contributed by atoms with Gasteiger partial charge in [0.1, 0.15) is 0 Å². The van der Waals surface area contributed by atoms with Gasteiger partial charge in [-0.25, -0.2) is 0 Å². The Morgan fingerprint density at radius 2 is 2.20 bits per heavy atom. The molecule has 0 aromatic rings. The highest BCUT2D eigenvalue weighted by Gasteiger charge is 1.95. The summed E-state index contributed by atoms with van der Waals surface area (Å²) in [5.74, 6) is 0.659. The largest absolute Gasteiger partial charge is 0.300 e. The zero-order chi connectivity index (χ0) is 7.98. The Kier molecular flexibility index (Phi) is 4.63. The van der Waals surface area contributed by atoms with Crippen LogP contribution in [0.4, 0.5) is 0 Å². The van der Waals surface area contributed by atoms with Gasteiger partial charge in [-0.3, -0.25) is 5.01 Å². The van der Waals surface area contributed by atoms with Crippen molar-refractivity contribution in [3.05, 3.63) is 12.7 Å². The van der Waals surface area contributed by atoms with Crippen molar-refractivity contribution >= 4 is 6.21 Å². The van der Waals surface area contributed by atoms with Crippen LogP contribution in [0.5, 0.6) is 0 Å². The maximum Gasteiger partial charge on any atom is 0.0464 e. The molecule has 0 rings (SSSR count). The van der Waals surface area contributed by atoms with Crippen molar-refractivity contribution in [2.75, 3.05) is 13.6 Å². The minimum Gasteiger partial charge on any atom is -0.300 e. The number of allylic oxidation sites excluding steroid dienone is 1. The SMILES string of the molecule is C=CC=NN(C)CC(C)C. The average Bonchev–Trinajstić information content (AvgIpc) is 1.82. The van der Waals surface area contributed by atoms with Gasteiger partial charge in [0.25, 0.3) is 0 Å². The van der Waals surface area contributed by atoms with E-state index in [2.05, 4.69) is 25.5 Å². The lowest BCUT2D eigenvalue weighted by atomic mass is 10.2. The predicted molar refractivity (Wildman–Crippen MR) is 46.2 cm³/mol. The molecule has 10 heavy (non-hydrogen) atoms. The van der Waals surface area contributed by atoms with Crippen LogP contribution in [0.15, 0.2) is 17.8 Å². The molecular weight excluding hydrogens is 124 g/mol. The number of hydrazone groups is 1. The minimum atomic E-state index is 0.659. The molecule has 0 spiro atoms. The first-order chi connectivity index (χ1) is 4.66. The molecule has 0 aliphatic carbocycles. The highest BCUT2D eigenvalue weighted by Crippen LogP contribution is 1.94. The molecular formula is C8H16N2. The highest BCUT2D eigenvalue weighted by atomic mass is 15.4. The van der Waals surface area contributed by atoms with E-state index in [0.29, 0.717) is 5.92 Å². The molecule has 0 unspecified atom stereocenters. The Bertz CT molecular complexity index is 116. The Morgan fingerprint density at radius 1 is 1.60 bits per heavy atom. The number of hydrogen-bond acceptors (Lipinski definition) is 2. The maximum atomic E-state index is 4.07. The summed E-state index contributed by atoms with van der Waals surface area (Å²) >= 11 is 0. The van der Waals surface area contributed by atoms with Gasteiger partial charge in [0, 0.05) is 19.8 Å². The lowest BCUT2D eigenvalue weighted by Gasteiger charge is -2.14. The van der Waals surface area contributed by atoms with E-state index in [0.717, 1.165) is 6.54 Å². The van der Waals surface area contributed by atoms with E-state index in [4.69, 9.17) is 0 Å². The lowest BCUT2D eigenvalue weighted by molar-refractivity contribution is 0.312. The third kappa shape index (κ3) is 5.35. The summed E-state index contributed by atoms with van der Waals surface area (Å²) in [6.07, 6.45) is 3.37. The van der Waals surface area contributed by atoms with Gasteiger partial charge < -0.3 is 0 Å². The van der Waals surface area contributed by atoms with Crippen molar-refractivity contribution in [2.45, 2.75) is 13.8 Å². The zero-order valence-electron chi connectivity index (χ0n) is 7.04. The molecule has 0 aromatic carbocycles. The summed E-state index contributed by atoms with van der Waals surface area (Å²) < 4.78 is 0. The van der Waals surface area contributed by atoms with E-state index >= 15 is 0 Å². The smallest absolute Gasteiger partial charge is 0.0464 e. The minimum absolute atomic E-state index is 0.659. The summed E-state index contributed by atoms with van der Waals surface area (Å²) in [6, 6.07) is 0. The summed E-state index contributed by atoms with van der Waals surface area (Å²) in [5, 5.41) is 5.98. The van der Waals surface area contributed by atoms with Gasteiger partial charge in [-0.05, 0) is 12.0 Å². The molecule has 0 saturated carbocycles. The molecule has 2 heteroatoms. The molecule has 0 amide bonds. The molecule has 0 aliphatic rings. The molecule has 0 aromatic heterocycles. The molecule has 0 atom stereocenters. The summed E-state index contributed by atoms with van der Waals surface area (Å²) in [4.78, 5) is 0. The van der Waals surface area contributed by atoms with Crippen molar-refractivity contribution in [1.29, 1.82) is 0 Å². The normalized spacial score (nSPS) is 10.8. The van der Waals surface area contributed by atoms with Crippen molar-refractivity contribution in [1.82, 2.24) is 5.01 Å². The van der Waals surface area contributed by atoms with E-state index in [1.54, 1.807) is 12.3 Å². The Labute approximate surface area is 63.2 Å².